The number of nitrogen functional groups attached to an aromatic ring is 1. The van der Waals surface area contributed by atoms with Crippen molar-refractivity contribution < 1.29 is 12.8 Å². The van der Waals surface area contributed by atoms with Crippen LogP contribution in [0.4, 0.5) is 10.1 Å². The van der Waals surface area contributed by atoms with E-state index in [1.54, 1.807) is 11.8 Å². The van der Waals surface area contributed by atoms with Gasteiger partial charge >= 0.3 is 0 Å². The molecule has 1 aliphatic rings. The maximum atomic E-state index is 13.2. The molecule has 0 aromatic heterocycles. The van der Waals surface area contributed by atoms with Gasteiger partial charge in [-0.15, -0.1) is 0 Å². The molecule has 1 unspecified atom stereocenters. The van der Waals surface area contributed by atoms with Crippen molar-refractivity contribution >= 4 is 43.4 Å². The summed E-state index contributed by atoms with van der Waals surface area (Å²) in [5.41, 5.74) is 5.22. The highest BCUT2D eigenvalue weighted by Gasteiger charge is 2.25. The molecule has 0 spiro atoms. The zero-order valence-corrected chi connectivity index (χ0v) is 12.5. The summed E-state index contributed by atoms with van der Waals surface area (Å²) in [5, 5.41) is 0. The normalized spacial score (nSPS) is 20.2. The molecule has 18 heavy (non-hydrogen) atoms. The molecule has 1 saturated heterocycles. The van der Waals surface area contributed by atoms with Gasteiger partial charge in [0.1, 0.15) is 5.82 Å². The summed E-state index contributed by atoms with van der Waals surface area (Å²) in [6.45, 7) is 0. The molecule has 0 aliphatic carbocycles. The molecule has 1 fully saturated rings. The van der Waals surface area contributed by atoms with Crippen LogP contribution in [0.1, 0.15) is 6.42 Å². The van der Waals surface area contributed by atoms with Gasteiger partial charge in [-0.25, -0.2) is 17.5 Å². The van der Waals surface area contributed by atoms with Crippen LogP contribution in [0.3, 0.4) is 0 Å². The fourth-order valence-electron chi connectivity index (χ4n) is 1.66. The van der Waals surface area contributed by atoms with Gasteiger partial charge in [0.25, 0.3) is 0 Å². The van der Waals surface area contributed by atoms with Crippen molar-refractivity contribution in [2.45, 2.75) is 17.4 Å². The Labute approximate surface area is 118 Å². The van der Waals surface area contributed by atoms with Gasteiger partial charge in [-0.2, -0.15) is 11.8 Å². The summed E-state index contributed by atoms with van der Waals surface area (Å²) in [5.74, 6) is 1.06. The molecule has 0 bridgehead atoms. The molecule has 0 saturated carbocycles. The molecule has 4 nitrogen and oxygen atoms in total. The van der Waals surface area contributed by atoms with E-state index in [-0.39, 0.29) is 21.1 Å². The van der Waals surface area contributed by atoms with Crippen LogP contribution in [0.2, 0.25) is 0 Å². The number of sulfonamides is 1. The molecule has 1 aromatic rings. The number of anilines is 1. The van der Waals surface area contributed by atoms with E-state index in [0.717, 1.165) is 30.1 Å². The second kappa shape index (κ2) is 5.36. The van der Waals surface area contributed by atoms with E-state index in [9.17, 15) is 12.8 Å². The van der Waals surface area contributed by atoms with Gasteiger partial charge in [0, 0.05) is 16.3 Å². The zero-order valence-electron chi connectivity index (χ0n) is 9.32. The Bertz CT molecular complexity index is 559. The smallest absolute Gasteiger partial charge is 0.242 e. The Morgan fingerprint density at radius 2 is 2.22 bits per heavy atom. The number of hydrogen-bond acceptors (Lipinski definition) is 4. The molecule has 100 valence electrons. The zero-order chi connectivity index (χ0) is 13.3. The van der Waals surface area contributed by atoms with Gasteiger partial charge in [0.15, 0.2) is 0 Å². The lowest BCUT2D eigenvalue weighted by atomic mass is 10.3. The van der Waals surface area contributed by atoms with Gasteiger partial charge in [-0.3, -0.25) is 0 Å². The molecule has 0 radical (unpaired) electrons. The van der Waals surface area contributed by atoms with Crippen LogP contribution >= 0.6 is 27.7 Å². The Kier molecular flexibility index (Phi) is 4.20. The number of halogens is 2. The molecule has 1 heterocycles. The largest absolute Gasteiger partial charge is 0.396 e. The first-order valence-corrected chi connectivity index (χ1v) is 8.68. The van der Waals surface area contributed by atoms with Crippen molar-refractivity contribution in [1.82, 2.24) is 4.72 Å². The third-order valence-electron chi connectivity index (χ3n) is 2.59. The minimum atomic E-state index is -3.67. The van der Waals surface area contributed by atoms with Crippen molar-refractivity contribution in [2.24, 2.45) is 0 Å². The van der Waals surface area contributed by atoms with Crippen molar-refractivity contribution in [3.63, 3.8) is 0 Å². The highest BCUT2D eigenvalue weighted by atomic mass is 79.9. The summed E-state index contributed by atoms with van der Waals surface area (Å²) in [6, 6.07) is 2.12. The topological polar surface area (TPSA) is 72.2 Å². The Morgan fingerprint density at radius 1 is 1.50 bits per heavy atom. The number of rotatable bonds is 3. The van der Waals surface area contributed by atoms with Crippen LogP contribution in [-0.2, 0) is 10.0 Å². The molecule has 3 N–H and O–H groups in total. The Hall–Kier alpha value is -0.310. The first kappa shape index (κ1) is 14.1. The molecular weight excluding hydrogens is 343 g/mol. The van der Waals surface area contributed by atoms with E-state index < -0.39 is 15.8 Å². The van der Waals surface area contributed by atoms with Crippen molar-refractivity contribution in [3.05, 3.63) is 22.4 Å². The van der Waals surface area contributed by atoms with Gasteiger partial charge in [0.2, 0.25) is 10.0 Å². The van der Waals surface area contributed by atoms with Crippen LogP contribution in [0.5, 0.6) is 0 Å². The second-order valence-electron chi connectivity index (χ2n) is 3.99. The van der Waals surface area contributed by atoms with Gasteiger partial charge in [-0.1, -0.05) is 0 Å². The minimum absolute atomic E-state index is 0.0294. The summed E-state index contributed by atoms with van der Waals surface area (Å²) in [6.07, 6.45) is 0.804. The number of nitrogens with two attached hydrogens (primary N) is 1. The molecule has 8 heteroatoms. The van der Waals surface area contributed by atoms with Crippen LogP contribution in [0, 0.1) is 5.82 Å². The molecule has 1 aliphatic heterocycles. The van der Waals surface area contributed by atoms with Crippen molar-refractivity contribution in [3.8, 4) is 0 Å². The lowest BCUT2D eigenvalue weighted by molar-refractivity contribution is 0.562. The standard InChI is InChI=1S/C10H12BrFN2O2S2/c11-7-3-8(12)9(13)4-10(7)18(15,16)14-6-1-2-17-5-6/h3-4,6,14H,1-2,5,13H2. The van der Waals surface area contributed by atoms with E-state index in [1.165, 1.54) is 0 Å². The third kappa shape index (κ3) is 2.98. The Balaban J connectivity index is 2.31. The van der Waals surface area contributed by atoms with E-state index in [2.05, 4.69) is 20.7 Å². The van der Waals surface area contributed by atoms with Gasteiger partial charge in [0.05, 0.1) is 10.6 Å². The monoisotopic (exact) mass is 354 g/mol. The lowest BCUT2D eigenvalue weighted by Gasteiger charge is -2.13. The van der Waals surface area contributed by atoms with E-state index >= 15 is 0 Å². The summed E-state index contributed by atoms with van der Waals surface area (Å²) >= 11 is 4.75. The van der Waals surface area contributed by atoms with E-state index in [4.69, 9.17) is 5.73 Å². The summed E-state index contributed by atoms with van der Waals surface area (Å²) in [7, 11) is -3.67. The molecule has 1 atom stereocenters. The van der Waals surface area contributed by atoms with E-state index in [0.29, 0.717) is 0 Å². The first-order valence-electron chi connectivity index (χ1n) is 5.25. The molecular formula is C10H12BrFN2O2S2. The van der Waals surface area contributed by atoms with Crippen LogP contribution < -0.4 is 10.5 Å². The first-order chi connectivity index (χ1) is 8.40. The highest BCUT2D eigenvalue weighted by molar-refractivity contribution is 9.10. The van der Waals surface area contributed by atoms with Crippen molar-refractivity contribution in [1.29, 1.82) is 0 Å². The molecule has 2 rings (SSSR count). The number of hydrogen-bond donors (Lipinski definition) is 2. The lowest BCUT2D eigenvalue weighted by Crippen LogP contribution is -2.34. The number of nitrogens with one attached hydrogen (secondary N) is 1. The minimum Gasteiger partial charge on any atom is -0.396 e. The van der Waals surface area contributed by atoms with Crippen LogP contribution in [-0.4, -0.2) is 26.0 Å². The summed E-state index contributed by atoms with van der Waals surface area (Å²) in [4.78, 5) is -0.0294. The summed E-state index contributed by atoms with van der Waals surface area (Å²) < 4.78 is 40.2. The number of thioether (sulfide) groups is 1. The second-order valence-corrected chi connectivity index (χ2v) is 7.67. The number of benzene rings is 1. The fourth-order valence-corrected chi connectivity index (χ4v) is 5.24. The van der Waals surface area contributed by atoms with Crippen molar-refractivity contribution in [2.75, 3.05) is 17.2 Å². The SMILES string of the molecule is Nc1cc(S(=O)(=O)NC2CCSC2)c(Br)cc1F. The van der Waals surface area contributed by atoms with E-state index in [1.807, 2.05) is 0 Å². The van der Waals surface area contributed by atoms with Gasteiger partial charge in [-0.05, 0) is 40.2 Å². The average Bonchev–Trinajstić information content (AvgIpc) is 2.75. The predicted octanol–water partition coefficient (Wildman–Crippen LogP) is 1.95. The quantitative estimate of drug-likeness (QED) is 0.813. The van der Waals surface area contributed by atoms with Gasteiger partial charge < -0.3 is 5.73 Å². The van der Waals surface area contributed by atoms with Crippen LogP contribution in [0.25, 0.3) is 0 Å². The third-order valence-corrected chi connectivity index (χ3v) is 6.23. The van der Waals surface area contributed by atoms with Crippen LogP contribution in [0.15, 0.2) is 21.5 Å². The highest BCUT2D eigenvalue weighted by Crippen LogP contribution is 2.28. The molecule has 0 amide bonds. The average molecular weight is 355 g/mol. The Morgan fingerprint density at radius 3 is 2.83 bits per heavy atom. The maximum absolute atomic E-state index is 13.2. The fraction of sp³-hybridized carbons (Fsp3) is 0.400. The maximum Gasteiger partial charge on any atom is 0.242 e. The predicted molar refractivity (Wildman–Crippen MR) is 74.6 cm³/mol. The molecule has 1 aromatic carbocycles.